The summed E-state index contributed by atoms with van der Waals surface area (Å²) in [4.78, 5) is 40.8. The van der Waals surface area contributed by atoms with E-state index in [1.807, 2.05) is 0 Å². The highest BCUT2D eigenvalue weighted by Crippen LogP contribution is 2.26. The molecule has 2 amide bonds. The van der Waals surface area contributed by atoms with Gasteiger partial charge in [-0.05, 0) is 12.1 Å². The molecule has 0 bridgehead atoms. The van der Waals surface area contributed by atoms with Crippen molar-refractivity contribution in [1.29, 1.82) is 0 Å². The second kappa shape index (κ2) is 7.06. The summed E-state index contributed by atoms with van der Waals surface area (Å²) < 4.78 is 47.4. The van der Waals surface area contributed by atoms with Gasteiger partial charge in [-0.15, -0.1) is 0 Å². The molecule has 0 atom stereocenters. The number of carbonyl (C=O) groups excluding carboxylic acids is 1. The molecule has 4 rings (SSSR count). The average Bonchev–Trinajstić information content (AvgIpc) is 3.09. The lowest BCUT2D eigenvalue weighted by Gasteiger charge is -2.17. The SMILES string of the molecule is O=C(O)Oc1cn(-c2c(F)cc(F)cc2F)c2nc(N3CCNC3=O)ccc2c1=O. The number of hydrogen-bond acceptors (Lipinski definition) is 5. The summed E-state index contributed by atoms with van der Waals surface area (Å²) in [5, 5.41) is 11.2. The van der Waals surface area contributed by atoms with E-state index in [1.54, 1.807) is 0 Å². The van der Waals surface area contributed by atoms with Crippen LogP contribution in [0.1, 0.15) is 0 Å². The van der Waals surface area contributed by atoms with Gasteiger partial charge in [0.25, 0.3) is 0 Å². The van der Waals surface area contributed by atoms with Gasteiger partial charge in [-0.25, -0.2) is 27.7 Å². The molecule has 1 aromatic carbocycles. The summed E-state index contributed by atoms with van der Waals surface area (Å²) in [5.74, 6) is -4.50. The predicted octanol–water partition coefficient (Wildman–Crippen LogP) is 2.39. The molecule has 0 unspecified atom stereocenters. The monoisotopic (exact) mass is 420 g/mol. The smallest absolute Gasteiger partial charge is 0.449 e. The molecule has 30 heavy (non-hydrogen) atoms. The van der Waals surface area contributed by atoms with Crippen LogP contribution in [-0.4, -0.2) is 39.9 Å². The zero-order chi connectivity index (χ0) is 21.6. The number of nitrogens with zero attached hydrogens (tertiary/aromatic N) is 3. The number of carbonyl (C=O) groups is 2. The van der Waals surface area contributed by atoms with Gasteiger partial charge in [0, 0.05) is 25.2 Å². The van der Waals surface area contributed by atoms with E-state index in [2.05, 4.69) is 15.0 Å². The lowest BCUT2D eigenvalue weighted by atomic mass is 10.2. The quantitative estimate of drug-likeness (QED) is 0.629. The van der Waals surface area contributed by atoms with Crippen molar-refractivity contribution in [2.24, 2.45) is 0 Å². The maximum absolute atomic E-state index is 14.4. The van der Waals surface area contributed by atoms with Crippen LogP contribution in [0.2, 0.25) is 0 Å². The van der Waals surface area contributed by atoms with E-state index in [0.717, 1.165) is 10.8 Å². The second-order valence-corrected chi connectivity index (χ2v) is 6.20. The molecule has 1 saturated heterocycles. The summed E-state index contributed by atoms with van der Waals surface area (Å²) in [5.41, 5.74) is -2.01. The van der Waals surface area contributed by atoms with E-state index in [1.165, 1.54) is 17.0 Å². The Labute approximate surface area is 164 Å². The Balaban J connectivity index is 2.05. The zero-order valence-electron chi connectivity index (χ0n) is 14.9. The van der Waals surface area contributed by atoms with E-state index < -0.39 is 46.5 Å². The van der Waals surface area contributed by atoms with E-state index in [0.29, 0.717) is 18.7 Å². The molecule has 2 aromatic heterocycles. The summed E-state index contributed by atoms with van der Waals surface area (Å²) in [6.45, 7) is 0.610. The van der Waals surface area contributed by atoms with Gasteiger partial charge in [-0.3, -0.25) is 14.3 Å². The largest absolute Gasteiger partial charge is 0.511 e. The minimum absolute atomic E-state index is 0.0838. The summed E-state index contributed by atoms with van der Waals surface area (Å²) >= 11 is 0. The maximum atomic E-state index is 14.4. The Hall–Kier alpha value is -4.09. The second-order valence-electron chi connectivity index (χ2n) is 6.20. The van der Waals surface area contributed by atoms with E-state index in [-0.39, 0.29) is 23.4 Å². The van der Waals surface area contributed by atoms with Crippen LogP contribution in [0, 0.1) is 17.5 Å². The maximum Gasteiger partial charge on any atom is 0.511 e. The van der Waals surface area contributed by atoms with E-state index in [9.17, 15) is 27.6 Å². The first-order chi connectivity index (χ1) is 14.3. The molecule has 2 N–H and O–H groups in total. The summed E-state index contributed by atoms with van der Waals surface area (Å²) in [6.07, 6.45) is -1.09. The number of fused-ring (bicyclic) bond motifs is 1. The van der Waals surface area contributed by atoms with Crippen molar-refractivity contribution < 1.29 is 32.6 Å². The van der Waals surface area contributed by atoms with Gasteiger partial charge < -0.3 is 15.2 Å². The number of urea groups is 1. The highest BCUT2D eigenvalue weighted by Gasteiger charge is 2.25. The molecule has 1 fully saturated rings. The van der Waals surface area contributed by atoms with Crippen molar-refractivity contribution in [3.63, 3.8) is 0 Å². The number of carboxylic acid groups (broad SMARTS) is 1. The lowest BCUT2D eigenvalue weighted by Crippen LogP contribution is -2.28. The highest BCUT2D eigenvalue weighted by atomic mass is 19.1. The van der Waals surface area contributed by atoms with Crippen molar-refractivity contribution in [2.75, 3.05) is 18.0 Å². The van der Waals surface area contributed by atoms with Gasteiger partial charge in [-0.2, -0.15) is 0 Å². The Bertz CT molecular complexity index is 1250. The number of benzene rings is 1. The van der Waals surface area contributed by atoms with Gasteiger partial charge >= 0.3 is 12.2 Å². The average molecular weight is 420 g/mol. The number of nitrogens with one attached hydrogen (secondary N) is 1. The number of ether oxygens (including phenoxy) is 1. The van der Waals surface area contributed by atoms with Crippen molar-refractivity contribution in [1.82, 2.24) is 14.9 Å². The molecule has 1 aliphatic rings. The van der Waals surface area contributed by atoms with Crippen LogP contribution in [-0.2, 0) is 0 Å². The van der Waals surface area contributed by atoms with Crippen LogP contribution >= 0.6 is 0 Å². The summed E-state index contributed by atoms with van der Waals surface area (Å²) in [7, 11) is 0. The molecular weight excluding hydrogens is 409 g/mol. The van der Waals surface area contributed by atoms with Crippen molar-refractivity contribution in [3.8, 4) is 11.4 Å². The van der Waals surface area contributed by atoms with Crippen molar-refractivity contribution in [2.45, 2.75) is 0 Å². The number of amides is 2. The Morgan fingerprint density at radius 2 is 1.87 bits per heavy atom. The van der Waals surface area contributed by atoms with Crippen molar-refractivity contribution >= 4 is 29.0 Å². The van der Waals surface area contributed by atoms with Crippen LogP contribution in [0.5, 0.6) is 5.75 Å². The first-order valence-corrected chi connectivity index (χ1v) is 8.43. The number of aromatic nitrogens is 2. The molecule has 0 saturated carbocycles. The fourth-order valence-electron chi connectivity index (χ4n) is 3.11. The molecule has 0 spiro atoms. The zero-order valence-corrected chi connectivity index (χ0v) is 14.9. The highest BCUT2D eigenvalue weighted by molar-refractivity contribution is 5.94. The van der Waals surface area contributed by atoms with Gasteiger partial charge in [0.15, 0.2) is 23.0 Å². The fourth-order valence-corrected chi connectivity index (χ4v) is 3.11. The molecular formula is C18H11F3N4O5. The topological polar surface area (TPSA) is 114 Å². The number of anilines is 1. The first-order valence-electron chi connectivity index (χ1n) is 8.43. The van der Waals surface area contributed by atoms with E-state index in [4.69, 9.17) is 5.11 Å². The van der Waals surface area contributed by atoms with E-state index >= 15 is 0 Å². The van der Waals surface area contributed by atoms with Crippen LogP contribution < -0.4 is 20.4 Å². The third-order valence-corrected chi connectivity index (χ3v) is 4.36. The van der Waals surface area contributed by atoms with Gasteiger partial charge in [0.05, 0.1) is 11.6 Å². The van der Waals surface area contributed by atoms with Crippen LogP contribution in [0.25, 0.3) is 16.7 Å². The third kappa shape index (κ3) is 3.17. The number of hydrogen-bond donors (Lipinski definition) is 2. The fraction of sp³-hybridized carbons (Fsp3) is 0.111. The minimum Gasteiger partial charge on any atom is -0.449 e. The van der Waals surface area contributed by atoms with Gasteiger partial charge in [0.2, 0.25) is 5.43 Å². The molecule has 3 heterocycles. The molecule has 0 radical (unpaired) electrons. The molecule has 9 nitrogen and oxygen atoms in total. The van der Waals surface area contributed by atoms with Crippen LogP contribution in [0.4, 0.5) is 28.6 Å². The standard InChI is InChI=1S/C18H11F3N4O5/c19-8-5-10(20)14(11(21)6-8)25-7-12(30-18(28)29)15(26)9-1-2-13(23-16(9)25)24-4-3-22-17(24)27/h1-2,5-7H,3-4H2,(H,22,27)(H,28,29). The van der Waals surface area contributed by atoms with Crippen LogP contribution in [0.15, 0.2) is 35.3 Å². The van der Waals surface area contributed by atoms with Gasteiger partial charge in [0.1, 0.15) is 17.3 Å². The lowest BCUT2D eigenvalue weighted by molar-refractivity contribution is 0.144. The molecule has 0 aliphatic carbocycles. The predicted molar refractivity (Wildman–Crippen MR) is 96.6 cm³/mol. The molecule has 1 aliphatic heterocycles. The number of halogens is 3. The molecule has 154 valence electrons. The minimum atomic E-state index is -1.82. The normalized spacial score (nSPS) is 13.6. The molecule has 3 aromatic rings. The third-order valence-electron chi connectivity index (χ3n) is 4.36. The molecule has 12 heteroatoms. The first kappa shape index (κ1) is 19.2. The van der Waals surface area contributed by atoms with Gasteiger partial charge in [-0.1, -0.05) is 0 Å². The Kier molecular flexibility index (Phi) is 4.53. The Morgan fingerprint density at radius 3 is 2.47 bits per heavy atom. The van der Waals surface area contributed by atoms with Crippen molar-refractivity contribution in [3.05, 3.63) is 58.1 Å². The number of rotatable bonds is 3. The number of pyridine rings is 2. The Morgan fingerprint density at radius 1 is 1.17 bits per heavy atom. The van der Waals surface area contributed by atoms with Crippen LogP contribution in [0.3, 0.4) is 0 Å². The summed E-state index contributed by atoms with van der Waals surface area (Å²) in [6, 6.07) is 2.91.